The van der Waals surface area contributed by atoms with Crippen molar-refractivity contribution >= 4 is 17.4 Å². The molecule has 33 heavy (non-hydrogen) atoms. The van der Waals surface area contributed by atoms with Gasteiger partial charge in [0.1, 0.15) is 6.33 Å². The fourth-order valence-corrected chi connectivity index (χ4v) is 4.48. The predicted molar refractivity (Wildman–Crippen MR) is 140 cm³/mol. The molecule has 1 heterocycles. The second-order valence-electron chi connectivity index (χ2n) is 8.21. The van der Waals surface area contributed by atoms with E-state index in [2.05, 4.69) is 93.1 Å². The van der Waals surface area contributed by atoms with Gasteiger partial charge < -0.3 is 15.1 Å². The molecule has 0 atom stereocenters. The number of aromatic nitrogens is 2. The molecule has 1 aromatic heterocycles. The summed E-state index contributed by atoms with van der Waals surface area (Å²) in [7, 11) is 1.65. The van der Waals surface area contributed by atoms with Crippen LogP contribution in [0.4, 0.5) is 16.2 Å². The van der Waals surface area contributed by atoms with Gasteiger partial charge in [0.25, 0.3) is 0 Å². The lowest BCUT2D eigenvalue weighted by Crippen LogP contribution is -2.24. The number of hydrogen-bond donors (Lipinski definition) is 1. The van der Waals surface area contributed by atoms with Crippen LogP contribution in [0.15, 0.2) is 42.7 Å². The van der Waals surface area contributed by atoms with Crippen LogP contribution in [0.3, 0.4) is 0 Å². The van der Waals surface area contributed by atoms with Crippen molar-refractivity contribution in [2.24, 2.45) is 0 Å². The van der Waals surface area contributed by atoms with E-state index in [-0.39, 0.29) is 6.03 Å². The fourth-order valence-electron chi connectivity index (χ4n) is 4.48. The summed E-state index contributed by atoms with van der Waals surface area (Å²) in [5.74, 6) is 0. The van der Waals surface area contributed by atoms with E-state index in [4.69, 9.17) is 4.98 Å². The fraction of sp³-hybridized carbons (Fsp3) is 0.407. The highest BCUT2D eigenvalue weighted by Crippen LogP contribution is 2.37. The zero-order valence-corrected chi connectivity index (χ0v) is 21.1. The van der Waals surface area contributed by atoms with Crippen LogP contribution in [-0.4, -0.2) is 48.8 Å². The molecule has 2 aromatic carbocycles. The van der Waals surface area contributed by atoms with Crippen LogP contribution >= 0.6 is 0 Å². The number of hydrogen-bond acceptors (Lipinski definition) is 4. The molecule has 6 nitrogen and oxygen atoms in total. The summed E-state index contributed by atoms with van der Waals surface area (Å²) < 4.78 is 1.62. The third-order valence-corrected chi connectivity index (χ3v) is 6.39. The van der Waals surface area contributed by atoms with Gasteiger partial charge in [0.15, 0.2) is 0 Å². The van der Waals surface area contributed by atoms with Crippen LogP contribution in [0, 0.1) is 13.8 Å². The molecule has 3 rings (SSSR count). The number of benzene rings is 2. The van der Waals surface area contributed by atoms with Gasteiger partial charge in [-0.05, 0) is 76.9 Å². The number of nitrogens with zero attached hydrogens (tertiary/aromatic N) is 4. The molecule has 1 amide bonds. The highest BCUT2D eigenvalue weighted by Gasteiger charge is 2.22. The Labute approximate surface area is 198 Å². The standard InChI is InChI=1S/C27H37N5O/c1-8-30(9-2)21-12-14-23(19(5)16-21)25-26(32(18-29-25)27(33)28-7)24-15-13-22(17-20(24)6)31(10-3)11-4/h12-18H,8-11H2,1-7H3,(H,28,33). The first-order valence-electron chi connectivity index (χ1n) is 11.9. The van der Waals surface area contributed by atoms with Crippen molar-refractivity contribution in [1.29, 1.82) is 0 Å². The summed E-state index contributed by atoms with van der Waals surface area (Å²) in [5.41, 5.74) is 8.33. The summed E-state index contributed by atoms with van der Waals surface area (Å²) >= 11 is 0. The van der Waals surface area contributed by atoms with E-state index in [0.717, 1.165) is 59.8 Å². The van der Waals surface area contributed by atoms with Crippen LogP contribution in [-0.2, 0) is 0 Å². The molecule has 176 valence electrons. The quantitative estimate of drug-likeness (QED) is 0.480. The molecule has 0 aliphatic heterocycles. The molecule has 3 aromatic rings. The maximum absolute atomic E-state index is 12.7. The minimum atomic E-state index is -0.201. The first-order valence-corrected chi connectivity index (χ1v) is 11.9. The van der Waals surface area contributed by atoms with Gasteiger partial charge in [0, 0.05) is 55.7 Å². The number of imidazole rings is 1. The minimum Gasteiger partial charge on any atom is -0.372 e. The Morgan fingerprint density at radius 2 is 1.33 bits per heavy atom. The molecule has 0 fully saturated rings. The van der Waals surface area contributed by atoms with Gasteiger partial charge in [0.2, 0.25) is 0 Å². The molecule has 1 N–H and O–H groups in total. The Balaban J connectivity index is 2.18. The molecule has 6 heteroatoms. The zero-order valence-electron chi connectivity index (χ0n) is 21.1. The van der Waals surface area contributed by atoms with Crippen LogP contribution in [0.2, 0.25) is 0 Å². The second-order valence-corrected chi connectivity index (χ2v) is 8.21. The minimum absolute atomic E-state index is 0.201. The van der Waals surface area contributed by atoms with Gasteiger partial charge in [-0.25, -0.2) is 9.78 Å². The molecule has 0 aliphatic carbocycles. The largest absolute Gasteiger partial charge is 0.372 e. The third-order valence-electron chi connectivity index (χ3n) is 6.39. The van der Waals surface area contributed by atoms with E-state index >= 15 is 0 Å². The van der Waals surface area contributed by atoms with E-state index in [1.54, 1.807) is 17.9 Å². The number of aryl methyl sites for hydroxylation is 2. The maximum atomic E-state index is 12.7. The van der Waals surface area contributed by atoms with Crippen molar-refractivity contribution in [2.45, 2.75) is 41.5 Å². The van der Waals surface area contributed by atoms with Crippen molar-refractivity contribution in [1.82, 2.24) is 14.9 Å². The Morgan fingerprint density at radius 1 is 0.848 bits per heavy atom. The Morgan fingerprint density at radius 3 is 1.76 bits per heavy atom. The molecule has 0 bridgehead atoms. The van der Waals surface area contributed by atoms with Crippen LogP contribution in [0.25, 0.3) is 22.5 Å². The first kappa shape index (κ1) is 24.4. The monoisotopic (exact) mass is 447 g/mol. The molecule has 0 aliphatic rings. The van der Waals surface area contributed by atoms with E-state index in [9.17, 15) is 4.79 Å². The van der Waals surface area contributed by atoms with Crippen molar-refractivity contribution in [3.63, 3.8) is 0 Å². The van der Waals surface area contributed by atoms with Crippen molar-refractivity contribution < 1.29 is 4.79 Å². The van der Waals surface area contributed by atoms with Crippen LogP contribution in [0.5, 0.6) is 0 Å². The van der Waals surface area contributed by atoms with Crippen molar-refractivity contribution in [3.8, 4) is 22.5 Å². The lowest BCUT2D eigenvalue weighted by molar-refractivity contribution is 0.244. The number of nitrogens with one attached hydrogen (secondary N) is 1. The normalized spacial score (nSPS) is 10.9. The number of anilines is 2. The van der Waals surface area contributed by atoms with Gasteiger partial charge >= 0.3 is 6.03 Å². The molecule has 0 saturated carbocycles. The van der Waals surface area contributed by atoms with Gasteiger partial charge in [-0.1, -0.05) is 12.1 Å². The second kappa shape index (κ2) is 10.6. The Hall–Kier alpha value is -3.28. The first-order chi connectivity index (χ1) is 15.9. The summed E-state index contributed by atoms with van der Waals surface area (Å²) in [6, 6.07) is 12.7. The van der Waals surface area contributed by atoms with Gasteiger partial charge in [-0.15, -0.1) is 0 Å². The Kier molecular flexibility index (Phi) is 7.79. The molecule has 0 unspecified atom stereocenters. The van der Waals surface area contributed by atoms with Crippen LogP contribution < -0.4 is 15.1 Å². The number of carbonyl (C=O) groups is 1. The van der Waals surface area contributed by atoms with E-state index in [1.165, 1.54) is 11.4 Å². The van der Waals surface area contributed by atoms with Crippen LogP contribution in [0.1, 0.15) is 38.8 Å². The number of amides is 1. The number of rotatable bonds is 8. The highest BCUT2D eigenvalue weighted by molar-refractivity contribution is 5.90. The predicted octanol–water partition coefficient (Wildman–Crippen LogP) is 5.71. The average Bonchev–Trinajstić information content (AvgIpc) is 3.25. The van der Waals surface area contributed by atoms with E-state index in [1.807, 2.05) is 0 Å². The molecular weight excluding hydrogens is 410 g/mol. The SMILES string of the molecule is CCN(CC)c1ccc(-c2ncn(C(=O)NC)c2-c2ccc(N(CC)CC)cc2C)c(C)c1. The lowest BCUT2D eigenvalue weighted by Gasteiger charge is -2.23. The highest BCUT2D eigenvalue weighted by atomic mass is 16.2. The average molecular weight is 448 g/mol. The summed E-state index contributed by atoms with van der Waals surface area (Å²) in [6.45, 7) is 16.7. The van der Waals surface area contributed by atoms with Gasteiger partial charge in [-0.2, -0.15) is 0 Å². The van der Waals surface area contributed by atoms with E-state index < -0.39 is 0 Å². The summed E-state index contributed by atoms with van der Waals surface area (Å²) in [4.78, 5) is 22.1. The zero-order chi connectivity index (χ0) is 24.1. The summed E-state index contributed by atoms with van der Waals surface area (Å²) in [5, 5.41) is 2.75. The molecule has 0 saturated heterocycles. The molecule has 0 radical (unpaired) electrons. The van der Waals surface area contributed by atoms with Gasteiger partial charge in [-0.3, -0.25) is 4.57 Å². The third kappa shape index (κ3) is 4.75. The molecular formula is C27H37N5O. The maximum Gasteiger partial charge on any atom is 0.327 e. The lowest BCUT2D eigenvalue weighted by atomic mass is 9.97. The van der Waals surface area contributed by atoms with Crippen molar-refractivity contribution in [2.75, 3.05) is 43.0 Å². The Bertz CT molecular complexity index is 1110. The topological polar surface area (TPSA) is 53.4 Å². The molecule has 0 spiro atoms. The van der Waals surface area contributed by atoms with Crippen molar-refractivity contribution in [3.05, 3.63) is 53.9 Å². The van der Waals surface area contributed by atoms with E-state index in [0.29, 0.717) is 0 Å². The smallest absolute Gasteiger partial charge is 0.327 e. The number of carbonyl (C=O) groups excluding carboxylic acids is 1. The summed E-state index contributed by atoms with van der Waals surface area (Å²) in [6.07, 6.45) is 1.62. The van der Waals surface area contributed by atoms with Gasteiger partial charge in [0.05, 0.1) is 11.4 Å².